The predicted octanol–water partition coefficient (Wildman–Crippen LogP) is -0.972. The van der Waals surface area contributed by atoms with Crippen LogP contribution in [0.5, 0.6) is 0 Å². The number of fused-ring (bicyclic) bond motifs is 1. The molecular weight excluding hydrogens is 222 g/mol. The van der Waals surface area contributed by atoms with E-state index in [1.807, 2.05) is 6.92 Å². The Balaban J connectivity index is 2.42. The van der Waals surface area contributed by atoms with E-state index in [0.717, 1.165) is 11.3 Å². The molecule has 0 radical (unpaired) electrons. The van der Waals surface area contributed by atoms with Crippen LogP contribution in [0.2, 0.25) is 0 Å². The van der Waals surface area contributed by atoms with E-state index in [2.05, 4.69) is 4.99 Å². The number of guanidine groups is 1. The molecule has 7 heteroatoms. The van der Waals surface area contributed by atoms with Gasteiger partial charge in [0.15, 0.2) is 0 Å². The smallest absolute Gasteiger partial charge is 0.288 e. The second-order valence-electron chi connectivity index (χ2n) is 4.16. The summed E-state index contributed by atoms with van der Waals surface area (Å²) in [7, 11) is 3.07. The Bertz CT molecular complexity index is 454. The van der Waals surface area contributed by atoms with Crippen molar-refractivity contribution in [2.75, 3.05) is 20.6 Å². The summed E-state index contributed by atoms with van der Waals surface area (Å²) < 4.78 is 1.73. The van der Waals surface area contributed by atoms with Crippen LogP contribution in [0.4, 0.5) is 4.79 Å². The van der Waals surface area contributed by atoms with Crippen LogP contribution in [0.3, 0.4) is 0 Å². The molecule has 2 heterocycles. The van der Waals surface area contributed by atoms with E-state index in [0.29, 0.717) is 18.3 Å². The van der Waals surface area contributed by atoms with Gasteiger partial charge in [-0.2, -0.15) is 0 Å². The fourth-order valence-corrected chi connectivity index (χ4v) is 2.10. The highest BCUT2D eigenvalue weighted by Crippen LogP contribution is 2.17. The summed E-state index contributed by atoms with van der Waals surface area (Å²) in [5.41, 5.74) is 5.79. The molecule has 0 bridgehead atoms. The molecule has 2 aliphatic heterocycles. The molecule has 0 aliphatic carbocycles. The third-order valence-corrected chi connectivity index (χ3v) is 3.03. The third kappa shape index (κ3) is 1.49. The molecule has 1 fully saturated rings. The van der Waals surface area contributed by atoms with Crippen molar-refractivity contribution in [3.8, 4) is 0 Å². The van der Waals surface area contributed by atoms with Crippen molar-refractivity contribution in [3.63, 3.8) is 0 Å². The summed E-state index contributed by atoms with van der Waals surface area (Å²) in [5, 5.41) is 0. The summed E-state index contributed by atoms with van der Waals surface area (Å²) in [5.74, 6) is 0.444. The number of likely N-dealkylation sites (N-methyl/N-ethyl adjacent to an activating group) is 2. The van der Waals surface area contributed by atoms with Crippen molar-refractivity contribution in [1.82, 2.24) is 9.80 Å². The topological polar surface area (TPSA) is 82.0 Å². The highest BCUT2D eigenvalue weighted by atomic mass is 16.2. The van der Waals surface area contributed by atoms with Gasteiger partial charge in [0, 0.05) is 14.1 Å². The van der Waals surface area contributed by atoms with Gasteiger partial charge in [0.05, 0.1) is 6.54 Å². The maximum Gasteiger partial charge on any atom is 0.387 e. The lowest BCUT2D eigenvalue weighted by Gasteiger charge is -2.31. The number of carbonyl (C=O) groups excluding carboxylic acids is 2. The number of imide groups is 1. The summed E-state index contributed by atoms with van der Waals surface area (Å²) >= 11 is 0. The lowest BCUT2D eigenvalue weighted by molar-refractivity contribution is -0.536. The number of rotatable bonds is 2. The lowest BCUT2D eigenvalue weighted by atomic mass is 10.1. The molecule has 2 aliphatic rings. The minimum absolute atomic E-state index is 0.277. The van der Waals surface area contributed by atoms with Crippen LogP contribution >= 0.6 is 0 Å². The van der Waals surface area contributed by atoms with Crippen molar-refractivity contribution >= 4 is 23.7 Å². The number of nitrogens with two attached hydrogens (primary N) is 1. The number of aliphatic imine (C=N–C) groups is 1. The van der Waals surface area contributed by atoms with Crippen LogP contribution in [-0.4, -0.2) is 64.8 Å². The molecule has 0 saturated carbocycles. The minimum atomic E-state index is -0.553. The molecule has 17 heavy (non-hydrogen) atoms. The molecular formula is C10H16N5O2+. The Morgan fingerprint density at radius 3 is 2.59 bits per heavy atom. The average Bonchev–Trinajstić information content (AvgIpc) is 2.62. The molecule has 1 unspecified atom stereocenters. The zero-order valence-electron chi connectivity index (χ0n) is 10.2. The fraction of sp³-hybridized carbons (Fsp3) is 0.600. The minimum Gasteiger partial charge on any atom is -0.288 e. The van der Waals surface area contributed by atoms with E-state index in [1.54, 1.807) is 11.6 Å². The van der Waals surface area contributed by atoms with Crippen LogP contribution in [0, 0.1) is 0 Å². The van der Waals surface area contributed by atoms with E-state index in [4.69, 9.17) is 5.73 Å². The van der Waals surface area contributed by atoms with Crippen LogP contribution in [0.25, 0.3) is 0 Å². The summed E-state index contributed by atoms with van der Waals surface area (Å²) in [4.78, 5) is 30.4. The first-order chi connectivity index (χ1) is 7.99. The largest absolute Gasteiger partial charge is 0.387 e. The first-order valence-corrected chi connectivity index (χ1v) is 5.52. The van der Waals surface area contributed by atoms with E-state index in [9.17, 15) is 9.59 Å². The number of amidine groups is 1. The van der Waals surface area contributed by atoms with Gasteiger partial charge in [0.1, 0.15) is 0 Å². The van der Waals surface area contributed by atoms with Gasteiger partial charge in [-0.3, -0.25) is 20.3 Å². The quantitative estimate of drug-likeness (QED) is 0.628. The normalized spacial score (nSPS) is 24.4. The van der Waals surface area contributed by atoms with Crippen molar-refractivity contribution in [1.29, 1.82) is 0 Å². The van der Waals surface area contributed by atoms with Gasteiger partial charge in [-0.25, -0.2) is 9.37 Å². The number of urea groups is 1. The van der Waals surface area contributed by atoms with Crippen LogP contribution in [0.15, 0.2) is 4.99 Å². The molecule has 3 amide bonds. The van der Waals surface area contributed by atoms with Gasteiger partial charge >= 0.3 is 12.0 Å². The molecule has 92 valence electrons. The third-order valence-electron chi connectivity index (χ3n) is 3.03. The summed E-state index contributed by atoms with van der Waals surface area (Å²) in [6.07, 6.45) is 0.856. The summed E-state index contributed by atoms with van der Waals surface area (Å²) in [6.45, 7) is 2.64. The molecule has 0 aromatic rings. The first kappa shape index (κ1) is 11.6. The number of carbonyl (C=O) groups is 2. The van der Waals surface area contributed by atoms with Crippen molar-refractivity contribution in [2.45, 2.75) is 19.4 Å². The van der Waals surface area contributed by atoms with Gasteiger partial charge in [-0.1, -0.05) is 11.9 Å². The summed E-state index contributed by atoms with van der Waals surface area (Å²) in [6, 6.07) is -0.932. The van der Waals surface area contributed by atoms with Gasteiger partial charge in [0.2, 0.25) is 11.9 Å². The van der Waals surface area contributed by atoms with Crippen molar-refractivity contribution < 1.29 is 14.2 Å². The first-order valence-electron chi connectivity index (χ1n) is 5.52. The van der Waals surface area contributed by atoms with Gasteiger partial charge < -0.3 is 0 Å². The molecule has 2 rings (SSSR count). The predicted molar refractivity (Wildman–Crippen MR) is 61.8 cm³/mol. The molecule has 2 N–H and O–H groups in total. The Morgan fingerprint density at radius 1 is 1.35 bits per heavy atom. The van der Waals surface area contributed by atoms with E-state index in [1.165, 1.54) is 11.9 Å². The van der Waals surface area contributed by atoms with Crippen LogP contribution in [0.1, 0.15) is 13.3 Å². The molecule has 1 atom stereocenters. The molecule has 0 aromatic carbocycles. The number of amides is 3. The molecule has 1 saturated heterocycles. The van der Waals surface area contributed by atoms with Gasteiger partial charge in [0.25, 0.3) is 5.91 Å². The Labute approximate surface area is 99.2 Å². The SMILES string of the molecule is CCC[N+]1=C(N)N=C2C1C(=O)N(C)C(=O)N2C. The number of hydrogen-bond acceptors (Lipinski definition) is 4. The Morgan fingerprint density at radius 2 is 2.00 bits per heavy atom. The van der Waals surface area contributed by atoms with Crippen molar-refractivity contribution in [2.24, 2.45) is 10.7 Å². The zero-order chi connectivity index (χ0) is 12.7. The monoisotopic (exact) mass is 238 g/mol. The highest BCUT2D eigenvalue weighted by Gasteiger charge is 2.50. The molecule has 7 nitrogen and oxygen atoms in total. The van der Waals surface area contributed by atoms with Gasteiger partial charge in [-0.15, -0.1) is 0 Å². The van der Waals surface area contributed by atoms with E-state index >= 15 is 0 Å². The molecule has 0 spiro atoms. The lowest BCUT2D eigenvalue weighted by Crippen LogP contribution is -2.61. The second kappa shape index (κ2) is 3.83. The Kier molecular flexibility index (Phi) is 2.60. The Hall–Kier alpha value is -1.92. The molecule has 0 aromatic heterocycles. The van der Waals surface area contributed by atoms with E-state index < -0.39 is 6.04 Å². The van der Waals surface area contributed by atoms with Crippen molar-refractivity contribution in [3.05, 3.63) is 0 Å². The standard InChI is InChI=1S/C10H15N5O2/c1-4-5-15-6-7(12-9(15)11)13(2)10(17)14(3)8(6)16/h6,11H,4-5H2,1-3H3/p+1. The number of hydrogen-bond donors (Lipinski definition) is 1. The maximum absolute atomic E-state index is 12.1. The van der Waals surface area contributed by atoms with Crippen LogP contribution in [-0.2, 0) is 4.79 Å². The fourth-order valence-electron chi connectivity index (χ4n) is 2.10. The maximum atomic E-state index is 12.1. The average molecular weight is 238 g/mol. The van der Waals surface area contributed by atoms with Gasteiger partial charge in [-0.05, 0) is 6.42 Å². The number of nitrogens with zero attached hydrogens (tertiary/aromatic N) is 4. The highest BCUT2D eigenvalue weighted by molar-refractivity contribution is 6.22. The van der Waals surface area contributed by atoms with Crippen LogP contribution < -0.4 is 5.73 Å². The van der Waals surface area contributed by atoms with E-state index in [-0.39, 0.29) is 11.9 Å². The zero-order valence-corrected chi connectivity index (χ0v) is 10.2. The second-order valence-corrected chi connectivity index (χ2v) is 4.16.